The fraction of sp³-hybridized carbons (Fsp3) is 0. The predicted molar refractivity (Wildman–Crippen MR) is 59.9 cm³/mol. The molecular formula is C12H8ClNO. The van der Waals surface area contributed by atoms with Crippen molar-refractivity contribution in [1.82, 2.24) is 4.98 Å². The fourth-order valence-corrected chi connectivity index (χ4v) is 1.45. The summed E-state index contributed by atoms with van der Waals surface area (Å²) in [4.78, 5) is 14.8. The maximum atomic E-state index is 10.9. The van der Waals surface area contributed by atoms with Gasteiger partial charge >= 0.3 is 0 Å². The number of aromatic nitrogens is 1. The Bertz CT molecular complexity index is 482. The van der Waals surface area contributed by atoms with Crippen molar-refractivity contribution in [1.29, 1.82) is 0 Å². The SMILES string of the molecule is O=C(Cl)c1cc(-c2ccccc2)ccn1. The summed E-state index contributed by atoms with van der Waals surface area (Å²) in [5.41, 5.74) is 2.26. The van der Waals surface area contributed by atoms with Crippen LogP contribution in [0.3, 0.4) is 0 Å². The van der Waals surface area contributed by atoms with Crippen molar-refractivity contribution in [2.45, 2.75) is 0 Å². The summed E-state index contributed by atoms with van der Waals surface area (Å²) in [7, 11) is 0. The molecule has 0 N–H and O–H groups in total. The summed E-state index contributed by atoms with van der Waals surface area (Å²) >= 11 is 5.36. The van der Waals surface area contributed by atoms with Crippen LogP contribution in [0.2, 0.25) is 0 Å². The minimum Gasteiger partial charge on any atom is -0.274 e. The molecule has 0 atom stereocenters. The lowest BCUT2D eigenvalue weighted by molar-refractivity contribution is 0.107. The van der Waals surface area contributed by atoms with E-state index in [4.69, 9.17) is 11.6 Å². The smallest absolute Gasteiger partial charge is 0.270 e. The van der Waals surface area contributed by atoms with Gasteiger partial charge in [-0.25, -0.2) is 0 Å². The van der Waals surface area contributed by atoms with Gasteiger partial charge in [0.05, 0.1) is 0 Å². The highest BCUT2D eigenvalue weighted by atomic mass is 35.5. The first-order valence-corrected chi connectivity index (χ1v) is 4.86. The van der Waals surface area contributed by atoms with Crippen molar-refractivity contribution in [2.24, 2.45) is 0 Å². The molecule has 15 heavy (non-hydrogen) atoms. The first-order chi connectivity index (χ1) is 7.27. The van der Waals surface area contributed by atoms with Crippen molar-refractivity contribution >= 4 is 16.8 Å². The molecule has 0 aliphatic carbocycles. The van der Waals surface area contributed by atoms with Gasteiger partial charge in [-0.05, 0) is 34.9 Å². The molecule has 1 heterocycles. The molecule has 0 radical (unpaired) electrons. The van der Waals surface area contributed by atoms with Crippen molar-refractivity contribution in [3.05, 3.63) is 54.4 Å². The molecule has 2 nitrogen and oxygen atoms in total. The van der Waals surface area contributed by atoms with Gasteiger partial charge in [0.15, 0.2) is 0 Å². The zero-order valence-electron chi connectivity index (χ0n) is 7.85. The molecule has 74 valence electrons. The van der Waals surface area contributed by atoms with Crippen LogP contribution in [0.15, 0.2) is 48.7 Å². The molecule has 2 rings (SSSR count). The van der Waals surface area contributed by atoms with Gasteiger partial charge in [0, 0.05) is 6.20 Å². The lowest BCUT2D eigenvalue weighted by atomic mass is 10.1. The van der Waals surface area contributed by atoms with E-state index in [2.05, 4.69) is 4.98 Å². The molecule has 0 saturated carbocycles. The van der Waals surface area contributed by atoms with E-state index in [1.807, 2.05) is 36.4 Å². The Morgan fingerprint density at radius 2 is 1.80 bits per heavy atom. The normalized spacial score (nSPS) is 9.93. The van der Waals surface area contributed by atoms with Crippen molar-refractivity contribution in [3.8, 4) is 11.1 Å². The highest BCUT2D eigenvalue weighted by molar-refractivity contribution is 6.67. The Morgan fingerprint density at radius 1 is 1.07 bits per heavy atom. The second kappa shape index (κ2) is 4.24. The molecule has 0 spiro atoms. The zero-order chi connectivity index (χ0) is 10.7. The van der Waals surface area contributed by atoms with Gasteiger partial charge in [-0.3, -0.25) is 9.78 Å². The van der Waals surface area contributed by atoms with Gasteiger partial charge < -0.3 is 0 Å². The minimum absolute atomic E-state index is 0.276. The third-order valence-electron chi connectivity index (χ3n) is 2.07. The summed E-state index contributed by atoms with van der Waals surface area (Å²) in [6, 6.07) is 13.3. The van der Waals surface area contributed by atoms with Crippen LogP contribution in [0.4, 0.5) is 0 Å². The molecule has 0 unspecified atom stereocenters. The van der Waals surface area contributed by atoms with Crippen molar-refractivity contribution in [2.75, 3.05) is 0 Å². The average molecular weight is 218 g/mol. The number of pyridine rings is 1. The lowest BCUT2D eigenvalue weighted by Crippen LogP contribution is -1.93. The van der Waals surface area contributed by atoms with E-state index in [1.165, 1.54) is 0 Å². The monoisotopic (exact) mass is 217 g/mol. The molecule has 1 aromatic heterocycles. The van der Waals surface area contributed by atoms with Crippen LogP contribution < -0.4 is 0 Å². The number of carbonyl (C=O) groups excluding carboxylic acids is 1. The van der Waals surface area contributed by atoms with E-state index in [9.17, 15) is 4.79 Å². The van der Waals surface area contributed by atoms with E-state index < -0.39 is 5.24 Å². The molecular weight excluding hydrogens is 210 g/mol. The van der Waals surface area contributed by atoms with Crippen LogP contribution in [0.1, 0.15) is 10.5 Å². The highest BCUT2D eigenvalue weighted by Gasteiger charge is 2.04. The third kappa shape index (κ3) is 2.22. The summed E-state index contributed by atoms with van der Waals surface area (Å²) < 4.78 is 0. The van der Waals surface area contributed by atoms with Gasteiger partial charge in [0.25, 0.3) is 5.24 Å². The Labute approximate surface area is 92.5 Å². The molecule has 2 aromatic rings. The Morgan fingerprint density at radius 3 is 2.47 bits per heavy atom. The average Bonchev–Trinajstić information content (AvgIpc) is 2.30. The van der Waals surface area contributed by atoms with Crippen LogP contribution in [0.5, 0.6) is 0 Å². The van der Waals surface area contributed by atoms with Crippen LogP contribution in [0, 0.1) is 0 Å². The second-order valence-electron chi connectivity index (χ2n) is 3.07. The van der Waals surface area contributed by atoms with Crippen molar-refractivity contribution < 1.29 is 4.79 Å². The van der Waals surface area contributed by atoms with Crippen LogP contribution in [-0.2, 0) is 0 Å². The van der Waals surface area contributed by atoms with E-state index in [1.54, 1.807) is 12.3 Å². The number of benzene rings is 1. The van der Waals surface area contributed by atoms with Gasteiger partial charge in [0.2, 0.25) is 0 Å². The van der Waals surface area contributed by atoms with E-state index >= 15 is 0 Å². The lowest BCUT2D eigenvalue weighted by Gasteiger charge is -2.01. The molecule has 0 fully saturated rings. The number of halogens is 1. The molecule has 0 bridgehead atoms. The summed E-state index contributed by atoms with van der Waals surface area (Å²) in [5, 5.41) is -0.534. The molecule has 0 aliphatic heterocycles. The number of hydrogen-bond donors (Lipinski definition) is 0. The Balaban J connectivity index is 2.46. The topological polar surface area (TPSA) is 30.0 Å². The Kier molecular flexibility index (Phi) is 2.79. The predicted octanol–water partition coefficient (Wildman–Crippen LogP) is 3.13. The van der Waals surface area contributed by atoms with E-state index in [0.717, 1.165) is 11.1 Å². The largest absolute Gasteiger partial charge is 0.274 e. The summed E-state index contributed by atoms with van der Waals surface area (Å²) in [6.45, 7) is 0. The van der Waals surface area contributed by atoms with Gasteiger partial charge in [-0.15, -0.1) is 0 Å². The highest BCUT2D eigenvalue weighted by Crippen LogP contribution is 2.19. The molecule has 0 amide bonds. The molecule has 0 saturated heterocycles. The van der Waals surface area contributed by atoms with Gasteiger partial charge in [0.1, 0.15) is 5.69 Å². The second-order valence-corrected chi connectivity index (χ2v) is 3.41. The first-order valence-electron chi connectivity index (χ1n) is 4.48. The Hall–Kier alpha value is -1.67. The fourth-order valence-electron chi connectivity index (χ4n) is 1.35. The maximum absolute atomic E-state index is 10.9. The molecule has 1 aromatic carbocycles. The first kappa shape index (κ1) is 9.87. The van der Waals surface area contributed by atoms with Gasteiger partial charge in [-0.2, -0.15) is 0 Å². The number of rotatable bonds is 2. The minimum atomic E-state index is -0.534. The van der Waals surface area contributed by atoms with E-state index in [0.29, 0.717) is 0 Å². The van der Waals surface area contributed by atoms with Crippen molar-refractivity contribution in [3.63, 3.8) is 0 Å². The zero-order valence-corrected chi connectivity index (χ0v) is 8.61. The van der Waals surface area contributed by atoms with E-state index in [-0.39, 0.29) is 5.69 Å². The number of nitrogens with zero attached hydrogens (tertiary/aromatic N) is 1. The van der Waals surface area contributed by atoms with Crippen LogP contribution in [-0.4, -0.2) is 10.2 Å². The third-order valence-corrected chi connectivity index (χ3v) is 2.26. The van der Waals surface area contributed by atoms with Gasteiger partial charge in [-0.1, -0.05) is 30.3 Å². The molecule has 3 heteroatoms. The standard InChI is InChI=1S/C12H8ClNO/c13-12(15)11-8-10(6-7-14-11)9-4-2-1-3-5-9/h1-8H. The summed E-state index contributed by atoms with van der Waals surface area (Å²) in [5.74, 6) is 0. The quantitative estimate of drug-likeness (QED) is 0.724. The van der Waals surface area contributed by atoms with Crippen LogP contribution >= 0.6 is 11.6 Å². The number of hydrogen-bond acceptors (Lipinski definition) is 2. The summed E-state index contributed by atoms with van der Waals surface area (Å²) in [6.07, 6.45) is 1.58. The molecule has 0 aliphatic rings. The number of carbonyl (C=O) groups is 1. The van der Waals surface area contributed by atoms with Crippen LogP contribution in [0.25, 0.3) is 11.1 Å². The maximum Gasteiger partial charge on any atom is 0.270 e.